The molecule has 1 aliphatic rings. The van der Waals surface area contributed by atoms with E-state index in [4.69, 9.17) is 11.6 Å². The van der Waals surface area contributed by atoms with Gasteiger partial charge in [0.2, 0.25) is 20.0 Å². The van der Waals surface area contributed by atoms with E-state index in [2.05, 4.69) is 5.32 Å². The molecule has 0 radical (unpaired) electrons. The lowest BCUT2D eigenvalue weighted by molar-refractivity contribution is 0.102. The molecule has 0 unspecified atom stereocenters. The number of anilines is 1. The smallest absolute Gasteiger partial charge is 0.257 e. The minimum absolute atomic E-state index is 0.0105. The molecule has 0 aliphatic carbocycles. The first-order valence-corrected chi connectivity index (χ1v) is 12.9. The molecule has 1 N–H and O–H groups in total. The lowest BCUT2D eigenvalue weighted by atomic mass is 10.2. The Bertz CT molecular complexity index is 1170. The molecular formula is C20H24ClN3O5S2. The number of rotatable bonds is 6. The van der Waals surface area contributed by atoms with Gasteiger partial charge < -0.3 is 5.32 Å². The van der Waals surface area contributed by atoms with Crippen LogP contribution in [0.5, 0.6) is 0 Å². The second-order valence-electron chi connectivity index (χ2n) is 7.37. The molecule has 2 aromatic carbocycles. The van der Waals surface area contributed by atoms with E-state index in [0.29, 0.717) is 18.8 Å². The Labute approximate surface area is 187 Å². The second kappa shape index (κ2) is 9.25. The fourth-order valence-corrected chi connectivity index (χ4v) is 5.86. The average molecular weight is 486 g/mol. The van der Waals surface area contributed by atoms with Crippen LogP contribution >= 0.6 is 11.6 Å². The maximum atomic E-state index is 12.9. The number of nitrogens with zero attached hydrogens (tertiary/aromatic N) is 2. The summed E-state index contributed by atoms with van der Waals surface area (Å²) in [6.45, 7) is 0.906. The van der Waals surface area contributed by atoms with Crippen LogP contribution in [-0.4, -0.2) is 58.5 Å². The summed E-state index contributed by atoms with van der Waals surface area (Å²) in [5, 5.41) is 2.74. The molecule has 8 nitrogen and oxygen atoms in total. The van der Waals surface area contributed by atoms with Crippen molar-refractivity contribution in [1.82, 2.24) is 8.61 Å². The largest absolute Gasteiger partial charge is 0.322 e. The molecule has 1 fully saturated rings. The third-order valence-corrected chi connectivity index (χ3v) is 9.08. The van der Waals surface area contributed by atoms with Crippen LogP contribution < -0.4 is 5.32 Å². The molecule has 0 spiro atoms. The standard InChI is InChI=1S/C20H24ClN3O5S2/c1-23(2)30(26,27)16-8-6-15(7-9-16)22-20(25)18-14-17(10-11-19(18)21)31(28,29)24-12-4-3-5-13-24/h6-11,14H,3-5,12-13H2,1-2H3,(H,22,25). The first kappa shape index (κ1) is 23.7. The van der Waals surface area contributed by atoms with Crippen LogP contribution in [-0.2, 0) is 20.0 Å². The Kier molecular flexibility index (Phi) is 7.07. The van der Waals surface area contributed by atoms with Gasteiger partial charge in [0.1, 0.15) is 0 Å². The van der Waals surface area contributed by atoms with Crippen LogP contribution in [0.2, 0.25) is 5.02 Å². The molecule has 11 heteroatoms. The molecular weight excluding hydrogens is 462 g/mol. The topological polar surface area (TPSA) is 104 Å². The van der Waals surface area contributed by atoms with Crippen molar-refractivity contribution in [2.75, 3.05) is 32.5 Å². The number of benzene rings is 2. The number of amides is 1. The molecule has 31 heavy (non-hydrogen) atoms. The van der Waals surface area contributed by atoms with E-state index in [1.807, 2.05) is 0 Å². The molecule has 0 atom stereocenters. The second-order valence-corrected chi connectivity index (χ2v) is 11.9. The van der Waals surface area contributed by atoms with E-state index in [1.54, 1.807) is 0 Å². The third-order valence-electron chi connectivity index (χ3n) is 5.03. The zero-order valence-electron chi connectivity index (χ0n) is 17.2. The predicted octanol–water partition coefficient (Wildman–Crippen LogP) is 3.02. The van der Waals surface area contributed by atoms with Crippen molar-refractivity contribution < 1.29 is 21.6 Å². The summed E-state index contributed by atoms with van der Waals surface area (Å²) in [6, 6.07) is 9.72. The lowest BCUT2D eigenvalue weighted by Gasteiger charge is -2.26. The van der Waals surface area contributed by atoms with Crippen LogP contribution in [0.3, 0.4) is 0 Å². The van der Waals surface area contributed by atoms with Crippen molar-refractivity contribution in [2.24, 2.45) is 0 Å². The Balaban J connectivity index is 1.83. The quantitative estimate of drug-likeness (QED) is 0.677. The van der Waals surface area contributed by atoms with Gasteiger partial charge in [0.15, 0.2) is 0 Å². The number of carbonyl (C=O) groups excluding carboxylic acids is 1. The summed E-state index contributed by atoms with van der Waals surface area (Å²) in [5.74, 6) is -0.594. The maximum Gasteiger partial charge on any atom is 0.257 e. The molecule has 1 heterocycles. The summed E-state index contributed by atoms with van der Waals surface area (Å²) in [5.41, 5.74) is 0.368. The van der Waals surface area contributed by atoms with Gasteiger partial charge in [-0.05, 0) is 55.3 Å². The van der Waals surface area contributed by atoms with Crippen LogP contribution in [0, 0.1) is 0 Å². The van der Waals surface area contributed by atoms with E-state index in [9.17, 15) is 21.6 Å². The highest BCUT2D eigenvalue weighted by molar-refractivity contribution is 7.89. The Morgan fingerprint density at radius 3 is 2.10 bits per heavy atom. The number of hydrogen-bond donors (Lipinski definition) is 1. The number of halogens is 1. The summed E-state index contributed by atoms with van der Waals surface area (Å²) < 4.78 is 52.6. The molecule has 1 aliphatic heterocycles. The van der Waals surface area contributed by atoms with Gasteiger partial charge in [-0.3, -0.25) is 4.79 Å². The molecule has 0 saturated carbocycles. The SMILES string of the molecule is CN(C)S(=O)(=O)c1ccc(NC(=O)c2cc(S(=O)(=O)N3CCCCC3)ccc2Cl)cc1. The van der Waals surface area contributed by atoms with E-state index in [-0.39, 0.29) is 20.4 Å². The fourth-order valence-electron chi connectivity index (χ4n) is 3.21. The summed E-state index contributed by atoms with van der Waals surface area (Å²) in [4.78, 5) is 12.8. The Morgan fingerprint density at radius 1 is 0.935 bits per heavy atom. The summed E-state index contributed by atoms with van der Waals surface area (Å²) in [7, 11) is -4.44. The summed E-state index contributed by atoms with van der Waals surface area (Å²) in [6.07, 6.45) is 2.61. The van der Waals surface area contributed by atoms with Crippen molar-refractivity contribution in [3.05, 3.63) is 53.1 Å². The van der Waals surface area contributed by atoms with Gasteiger partial charge in [-0.2, -0.15) is 4.31 Å². The van der Waals surface area contributed by atoms with Crippen molar-refractivity contribution in [2.45, 2.75) is 29.1 Å². The first-order valence-electron chi connectivity index (χ1n) is 9.67. The van der Waals surface area contributed by atoms with Crippen molar-refractivity contribution in [3.63, 3.8) is 0 Å². The van der Waals surface area contributed by atoms with Crippen molar-refractivity contribution in [1.29, 1.82) is 0 Å². The average Bonchev–Trinajstić information content (AvgIpc) is 2.74. The molecule has 0 bridgehead atoms. The third kappa shape index (κ3) is 5.09. The van der Waals surface area contributed by atoms with E-state index >= 15 is 0 Å². The number of sulfonamides is 2. The summed E-state index contributed by atoms with van der Waals surface area (Å²) >= 11 is 6.16. The van der Waals surface area contributed by atoms with Crippen LogP contribution in [0.15, 0.2) is 52.3 Å². The van der Waals surface area contributed by atoms with Gasteiger partial charge >= 0.3 is 0 Å². The molecule has 1 amide bonds. The number of carbonyl (C=O) groups is 1. The highest BCUT2D eigenvalue weighted by Crippen LogP contribution is 2.26. The Morgan fingerprint density at radius 2 is 1.52 bits per heavy atom. The maximum absolute atomic E-state index is 12.9. The predicted molar refractivity (Wildman–Crippen MR) is 119 cm³/mol. The van der Waals surface area contributed by atoms with Crippen molar-refractivity contribution in [3.8, 4) is 0 Å². The van der Waals surface area contributed by atoms with Gasteiger partial charge in [-0.15, -0.1) is 0 Å². The monoisotopic (exact) mass is 485 g/mol. The Hall–Kier alpha value is -1.98. The van der Waals surface area contributed by atoms with Crippen LogP contribution in [0.1, 0.15) is 29.6 Å². The molecule has 168 valence electrons. The van der Waals surface area contributed by atoms with Crippen molar-refractivity contribution >= 4 is 43.2 Å². The lowest BCUT2D eigenvalue weighted by Crippen LogP contribution is -2.35. The minimum atomic E-state index is -3.71. The number of nitrogens with one attached hydrogen (secondary N) is 1. The minimum Gasteiger partial charge on any atom is -0.322 e. The molecule has 0 aromatic heterocycles. The zero-order chi connectivity index (χ0) is 22.8. The van der Waals surface area contributed by atoms with Crippen LogP contribution in [0.4, 0.5) is 5.69 Å². The van der Waals surface area contributed by atoms with Gasteiger partial charge in [0.25, 0.3) is 5.91 Å². The van der Waals surface area contributed by atoms with Gasteiger partial charge in [0, 0.05) is 32.9 Å². The molecule has 3 rings (SSSR count). The highest BCUT2D eigenvalue weighted by atomic mass is 35.5. The van der Waals surface area contributed by atoms with Gasteiger partial charge in [0.05, 0.1) is 20.4 Å². The van der Waals surface area contributed by atoms with E-state index in [1.165, 1.54) is 60.9 Å². The molecule has 2 aromatic rings. The molecule has 1 saturated heterocycles. The van der Waals surface area contributed by atoms with E-state index in [0.717, 1.165) is 23.6 Å². The fraction of sp³-hybridized carbons (Fsp3) is 0.350. The first-order chi connectivity index (χ1) is 14.5. The van der Waals surface area contributed by atoms with E-state index < -0.39 is 26.0 Å². The van der Waals surface area contributed by atoms with Gasteiger partial charge in [-0.1, -0.05) is 18.0 Å². The van der Waals surface area contributed by atoms with Crippen LogP contribution in [0.25, 0.3) is 0 Å². The highest BCUT2D eigenvalue weighted by Gasteiger charge is 2.27. The number of hydrogen-bond acceptors (Lipinski definition) is 5. The normalized spacial score (nSPS) is 15.7. The number of piperidine rings is 1. The van der Waals surface area contributed by atoms with Gasteiger partial charge in [-0.25, -0.2) is 21.1 Å². The zero-order valence-corrected chi connectivity index (χ0v) is 19.6.